The molecule has 3 nitrogen and oxygen atoms in total. The summed E-state index contributed by atoms with van der Waals surface area (Å²) in [7, 11) is 0. The Labute approximate surface area is 117 Å². The van der Waals surface area contributed by atoms with E-state index < -0.39 is 51.8 Å². The van der Waals surface area contributed by atoms with Gasteiger partial charge in [0.1, 0.15) is 5.54 Å². The predicted octanol–water partition coefficient (Wildman–Crippen LogP) is 3.05. The lowest BCUT2D eigenvalue weighted by Crippen LogP contribution is -2.57. The first kappa shape index (κ1) is 17.4. The van der Waals surface area contributed by atoms with Gasteiger partial charge >= 0.3 is 5.97 Å². The summed E-state index contributed by atoms with van der Waals surface area (Å²) in [5, 5.41) is 0. The number of nitrogens with two attached hydrogens (primary N) is 1. The van der Waals surface area contributed by atoms with Crippen molar-refractivity contribution in [2.45, 2.75) is 33.2 Å². The van der Waals surface area contributed by atoms with E-state index in [0.717, 1.165) is 0 Å². The Morgan fingerprint density at radius 1 is 0.857 bits per heavy atom. The van der Waals surface area contributed by atoms with Crippen LogP contribution >= 0.6 is 0 Å². The van der Waals surface area contributed by atoms with Crippen LogP contribution in [0.4, 0.5) is 22.0 Å². The third-order valence-electron chi connectivity index (χ3n) is 3.35. The van der Waals surface area contributed by atoms with Crippen LogP contribution in [0.15, 0.2) is 0 Å². The lowest BCUT2D eigenvalue weighted by molar-refractivity contribution is -0.144. The first-order chi connectivity index (χ1) is 9.32. The molecule has 8 heteroatoms. The number of rotatable bonds is 2. The molecule has 2 N–H and O–H groups in total. The summed E-state index contributed by atoms with van der Waals surface area (Å²) < 4.78 is 70.0. The minimum Gasteiger partial charge on any atom is -0.419 e. The van der Waals surface area contributed by atoms with Crippen molar-refractivity contribution in [3.63, 3.8) is 0 Å². The fourth-order valence-electron chi connectivity index (χ4n) is 1.18. The van der Waals surface area contributed by atoms with Gasteiger partial charge in [0.15, 0.2) is 0 Å². The Morgan fingerprint density at radius 2 is 1.19 bits per heavy atom. The lowest BCUT2D eigenvalue weighted by Gasteiger charge is -2.35. The number of carbonyl (C=O) groups excluding carboxylic acids is 1. The number of halogens is 5. The molecule has 0 radical (unpaired) electrons. The van der Waals surface area contributed by atoms with E-state index in [9.17, 15) is 26.7 Å². The van der Waals surface area contributed by atoms with E-state index in [-0.39, 0.29) is 0 Å². The largest absolute Gasteiger partial charge is 0.419 e. The molecule has 0 heterocycles. The van der Waals surface area contributed by atoms with Crippen LogP contribution in [0.3, 0.4) is 0 Å². The van der Waals surface area contributed by atoms with Crippen molar-refractivity contribution in [1.29, 1.82) is 0 Å². The zero-order valence-electron chi connectivity index (χ0n) is 11.8. The minimum atomic E-state index is -2.34. The summed E-state index contributed by atoms with van der Waals surface area (Å²) in [6.07, 6.45) is 0. The third kappa shape index (κ3) is 2.85. The molecule has 1 aromatic rings. The molecule has 0 aromatic heterocycles. The van der Waals surface area contributed by atoms with Gasteiger partial charge in [-0.25, -0.2) is 18.0 Å². The van der Waals surface area contributed by atoms with E-state index in [4.69, 9.17) is 5.73 Å². The third-order valence-corrected chi connectivity index (χ3v) is 3.35. The summed E-state index contributed by atoms with van der Waals surface area (Å²) in [4.78, 5) is 11.9. The molecule has 1 aromatic carbocycles. The fraction of sp³-hybridized carbons (Fsp3) is 0.462. The normalized spacial score (nSPS) is 14.8. The van der Waals surface area contributed by atoms with E-state index >= 15 is 0 Å². The van der Waals surface area contributed by atoms with Crippen LogP contribution in [0.2, 0.25) is 0 Å². The van der Waals surface area contributed by atoms with Crippen molar-refractivity contribution >= 4 is 5.97 Å². The average molecular weight is 311 g/mol. The highest BCUT2D eigenvalue weighted by Crippen LogP contribution is 2.33. The van der Waals surface area contributed by atoms with E-state index in [1.54, 1.807) is 20.8 Å². The van der Waals surface area contributed by atoms with Crippen molar-refractivity contribution < 1.29 is 31.5 Å². The van der Waals surface area contributed by atoms with Crippen LogP contribution in [0.1, 0.15) is 27.7 Å². The molecule has 0 saturated heterocycles. The average Bonchev–Trinajstić information content (AvgIpc) is 2.37. The number of carbonyl (C=O) groups is 1. The SMILES string of the molecule is CC(C)(C)C(C)(N)C(=O)Oc1c(F)c(F)c(F)c(F)c1F. The fourth-order valence-corrected chi connectivity index (χ4v) is 1.18. The molecule has 0 amide bonds. The van der Waals surface area contributed by atoms with Crippen molar-refractivity contribution in [1.82, 2.24) is 0 Å². The standard InChI is InChI=1S/C13H14F5NO2/c1-12(2,3)13(4,19)11(20)21-10-8(17)6(15)5(14)7(16)9(10)18/h19H2,1-4H3. The Bertz CT molecular complexity index is 564. The van der Waals surface area contributed by atoms with Gasteiger partial charge in [0.2, 0.25) is 34.8 Å². The summed E-state index contributed by atoms with van der Waals surface area (Å²) in [5.41, 5.74) is 3.11. The summed E-state index contributed by atoms with van der Waals surface area (Å²) in [6, 6.07) is 0. The van der Waals surface area contributed by atoms with Crippen molar-refractivity contribution in [2.24, 2.45) is 11.1 Å². The molecule has 1 rings (SSSR count). The molecular weight excluding hydrogens is 297 g/mol. The maximum absolute atomic E-state index is 13.4. The van der Waals surface area contributed by atoms with Crippen LogP contribution in [0.5, 0.6) is 5.75 Å². The van der Waals surface area contributed by atoms with E-state index in [0.29, 0.717) is 0 Å². The molecule has 118 valence electrons. The van der Waals surface area contributed by atoms with Gasteiger partial charge in [-0.2, -0.15) is 8.78 Å². The van der Waals surface area contributed by atoms with Crippen LogP contribution in [0.25, 0.3) is 0 Å². The molecule has 0 aliphatic rings. The first-order valence-electron chi connectivity index (χ1n) is 5.85. The van der Waals surface area contributed by atoms with Crippen LogP contribution in [0, 0.1) is 34.5 Å². The van der Waals surface area contributed by atoms with Crippen LogP contribution in [-0.2, 0) is 4.79 Å². The van der Waals surface area contributed by atoms with Gasteiger partial charge in [0.25, 0.3) is 0 Å². The van der Waals surface area contributed by atoms with Gasteiger partial charge in [-0.15, -0.1) is 0 Å². The first-order valence-corrected chi connectivity index (χ1v) is 5.85. The predicted molar refractivity (Wildman–Crippen MR) is 63.9 cm³/mol. The number of hydrogen-bond acceptors (Lipinski definition) is 3. The Morgan fingerprint density at radius 3 is 1.52 bits per heavy atom. The summed E-state index contributed by atoms with van der Waals surface area (Å²) in [6.45, 7) is 5.87. The molecule has 0 bridgehead atoms. The van der Waals surface area contributed by atoms with Gasteiger partial charge in [0, 0.05) is 0 Å². The number of esters is 1. The van der Waals surface area contributed by atoms with Gasteiger partial charge in [-0.05, 0) is 12.3 Å². The van der Waals surface area contributed by atoms with Crippen LogP contribution < -0.4 is 10.5 Å². The monoisotopic (exact) mass is 311 g/mol. The van der Waals surface area contributed by atoms with Crippen molar-refractivity contribution in [3.8, 4) is 5.75 Å². The Balaban J connectivity index is 3.31. The Hall–Kier alpha value is -1.70. The highest BCUT2D eigenvalue weighted by Gasteiger charge is 2.43. The molecule has 0 aliphatic carbocycles. The number of benzene rings is 1. The smallest absolute Gasteiger partial charge is 0.331 e. The van der Waals surface area contributed by atoms with Crippen molar-refractivity contribution in [3.05, 3.63) is 29.1 Å². The van der Waals surface area contributed by atoms with E-state index in [2.05, 4.69) is 4.74 Å². The highest BCUT2D eigenvalue weighted by molar-refractivity contribution is 5.83. The lowest BCUT2D eigenvalue weighted by atomic mass is 9.76. The summed E-state index contributed by atoms with van der Waals surface area (Å²) >= 11 is 0. The minimum absolute atomic E-state index is 0.881. The zero-order chi connectivity index (χ0) is 16.7. The molecule has 21 heavy (non-hydrogen) atoms. The second-order valence-corrected chi connectivity index (χ2v) is 5.74. The molecule has 0 spiro atoms. The molecular formula is C13H14F5NO2. The molecule has 0 aliphatic heterocycles. The number of ether oxygens (including phenoxy) is 1. The molecule has 1 atom stereocenters. The van der Waals surface area contributed by atoms with Gasteiger partial charge in [0.05, 0.1) is 0 Å². The number of hydrogen-bond donors (Lipinski definition) is 1. The second kappa shape index (κ2) is 5.25. The quantitative estimate of drug-likeness (QED) is 0.300. The highest BCUT2D eigenvalue weighted by atomic mass is 19.2. The summed E-state index contributed by atoms with van der Waals surface area (Å²) in [5.74, 6) is -14.2. The van der Waals surface area contributed by atoms with Gasteiger partial charge in [-0.3, -0.25) is 0 Å². The molecule has 0 saturated carbocycles. The van der Waals surface area contributed by atoms with E-state index in [1.807, 2.05) is 0 Å². The molecule has 0 fully saturated rings. The van der Waals surface area contributed by atoms with Crippen molar-refractivity contribution in [2.75, 3.05) is 0 Å². The zero-order valence-corrected chi connectivity index (χ0v) is 11.8. The van der Waals surface area contributed by atoms with Crippen LogP contribution in [-0.4, -0.2) is 11.5 Å². The maximum Gasteiger partial charge on any atom is 0.331 e. The van der Waals surface area contributed by atoms with Gasteiger partial charge < -0.3 is 10.5 Å². The topological polar surface area (TPSA) is 52.3 Å². The Kier molecular flexibility index (Phi) is 4.34. The second-order valence-electron chi connectivity index (χ2n) is 5.74. The van der Waals surface area contributed by atoms with E-state index in [1.165, 1.54) is 6.92 Å². The maximum atomic E-state index is 13.4. The van der Waals surface area contributed by atoms with Gasteiger partial charge in [-0.1, -0.05) is 20.8 Å². The molecule has 1 unspecified atom stereocenters.